The van der Waals surface area contributed by atoms with Crippen LogP contribution in [-0.2, 0) is 5.41 Å². The molecule has 114 valence electrons. The van der Waals surface area contributed by atoms with Crippen LogP contribution in [0.1, 0.15) is 64.0 Å². The number of nitrogens with zero attached hydrogens (tertiary/aromatic N) is 1. The summed E-state index contributed by atoms with van der Waals surface area (Å²) in [4.78, 5) is 12.1. The van der Waals surface area contributed by atoms with Crippen molar-refractivity contribution < 1.29 is 4.79 Å². The summed E-state index contributed by atoms with van der Waals surface area (Å²) in [6.45, 7) is 6.21. The zero-order valence-corrected chi connectivity index (χ0v) is 13.8. The number of carbonyl (C=O) groups is 1. The molecule has 1 saturated carbocycles. The molecule has 1 aromatic heterocycles. The zero-order valence-electron chi connectivity index (χ0n) is 13.0. The zero-order chi connectivity index (χ0) is 15.5. The van der Waals surface area contributed by atoms with Crippen LogP contribution in [0, 0.1) is 11.3 Å². The van der Waals surface area contributed by atoms with E-state index in [2.05, 4.69) is 37.5 Å². The monoisotopic (exact) mass is 305 g/mol. The van der Waals surface area contributed by atoms with E-state index in [9.17, 15) is 10.1 Å². The summed E-state index contributed by atoms with van der Waals surface area (Å²) in [5.41, 5.74) is 1.48. The summed E-state index contributed by atoms with van der Waals surface area (Å²) >= 11 is 1.42. The molecule has 4 nitrogen and oxygen atoms in total. The van der Waals surface area contributed by atoms with Crippen LogP contribution >= 0.6 is 11.3 Å². The molecule has 0 bridgehead atoms. The summed E-state index contributed by atoms with van der Waals surface area (Å²) in [6.07, 6.45) is 5.73. The molecule has 0 radical (unpaired) electrons. The van der Waals surface area contributed by atoms with Crippen LogP contribution in [0.2, 0.25) is 0 Å². The molecule has 1 aliphatic rings. The number of carbonyl (C=O) groups excluding carboxylic acids is 1. The SMILES string of the molecule is CC(C)(C)c1csc(NC(=O)NC2CCCCC2)c1C#N. The molecule has 1 heterocycles. The van der Waals surface area contributed by atoms with E-state index in [4.69, 9.17) is 0 Å². The molecule has 0 atom stereocenters. The van der Waals surface area contributed by atoms with E-state index in [1.165, 1.54) is 30.6 Å². The number of rotatable bonds is 2. The number of hydrogen-bond donors (Lipinski definition) is 2. The molecule has 2 N–H and O–H groups in total. The van der Waals surface area contributed by atoms with Crippen molar-refractivity contribution in [3.8, 4) is 6.07 Å². The number of thiophene rings is 1. The van der Waals surface area contributed by atoms with E-state index in [0.29, 0.717) is 10.6 Å². The minimum atomic E-state index is -0.194. The largest absolute Gasteiger partial charge is 0.335 e. The summed E-state index contributed by atoms with van der Waals surface area (Å²) in [7, 11) is 0. The van der Waals surface area contributed by atoms with Gasteiger partial charge in [-0.1, -0.05) is 40.0 Å². The van der Waals surface area contributed by atoms with Gasteiger partial charge >= 0.3 is 6.03 Å². The Morgan fingerprint density at radius 1 is 1.33 bits per heavy atom. The highest BCUT2D eigenvalue weighted by molar-refractivity contribution is 7.14. The molecule has 1 aliphatic carbocycles. The van der Waals surface area contributed by atoms with Crippen LogP contribution in [0.15, 0.2) is 5.38 Å². The Labute approximate surface area is 130 Å². The maximum atomic E-state index is 12.1. The fraction of sp³-hybridized carbons (Fsp3) is 0.625. The molecule has 0 saturated heterocycles. The third kappa shape index (κ3) is 3.98. The Morgan fingerprint density at radius 3 is 2.57 bits per heavy atom. The van der Waals surface area contributed by atoms with Gasteiger partial charge in [-0.15, -0.1) is 11.3 Å². The molecule has 2 rings (SSSR count). The standard InChI is InChI=1S/C16H23N3OS/c1-16(2,3)13-10-21-14(12(13)9-17)19-15(20)18-11-7-5-4-6-8-11/h10-11H,4-8H2,1-3H3,(H2,18,19,20). The smallest absolute Gasteiger partial charge is 0.320 e. The lowest BCUT2D eigenvalue weighted by atomic mass is 9.86. The Morgan fingerprint density at radius 2 is 2.00 bits per heavy atom. The Hall–Kier alpha value is -1.54. The van der Waals surface area contributed by atoms with Gasteiger partial charge in [-0.05, 0) is 29.2 Å². The van der Waals surface area contributed by atoms with Gasteiger partial charge in [0, 0.05) is 6.04 Å². The van der Waals surface area contributed by atoms with E-state index in [1.54, 1.807) is 0 Å². The number of nitriles is 1. The van der Waals surface area contributed by atoms with Gasteiger partial charge in [0.1, 0.15) is 11.1 Å². The van der Waals surface area contributed by atoms with E-state index in [1.807, 2.05) is 5.38 Å². The molecule has 1 fully saturated rings. The molecule has 0 unspecified atom stereocenters. The minimum absolute atomic E-state index is 0.0959. The second-order valence-electron chi connectivity index (χ2n) is 6.65. The van der Waals surface area contributed by atoms with Crippen molar-refractivity contribution in [1.82, 2.24) is 5.32 Å². The molecule has 1 aromatic rings. The molecule has 5 heteroatoms. The Kier molecular flexibility index (Phi) is 4.89. The van der Waals surface area contributed by atoms with Crippen molar-refractivity contribution >= 4 is 22.4 Å². The van der Waals surface area contributed by atoms with Gasteiger partial charge in [-0.25, -0.2) is 4.79 Å². The third-order valence-electron chi connectivity index (χ3n) is 3.88. The van der Waals surface area contributed by atoms with Crippen molar-refractivity contribution in [1.29, 1.82) is 5.26 Å². The quantitative estimate of drug-likeness (QED) is 0.852. The van der Waals surface area contributed by atoms with Gasteiger partial charge in [-0.3, -0.25) is 5.32 Å². The molecule has 21 heavy (non-hydrogen) atoms. The van der Waals surface area contributed by atoms with Crippen LogP contribution in [-0.4, -0.2) is 12.1 Å². The van der Waals surface area contributed by atoms with Crippen LogP contribution in [0.3, 0.4) is 0 Å². The van der Waals surface area contributed by atoms with Gasteiger partial charge in [0.15, 0.2) is 0 Å². The van der Waals surface area contributed by atoms with Crippen molar-refractivity contribution in [3.63, 3.8) is 0 Å². The first-order valence-electron chi connectivity index (χ1n) is 7.51. The fourth-order valence-corrected chi connectivity index (χ4v) is 3.82. The fourth-order valence-electron chi connectivity index (χ4n) is 2.68. The van der Waals surface area contributed by atoms with E-state index < -0.39 is 0 Å². The summed E-state index contributed by atoms with van der Waals surface area (Å²) < 4.78 is 0. The Balaban J connectivity index is 2.04. The first-order valence-corrected chi connectivity index (χ1v) is 8.39. The summed E-state index contributed by atoms with van der Waals surface area (Å²) in [5, 5.41) is 17.8. The highest BCUT2D eigenvalue weighted by Crippen LogP contribution is 2.35. The van der Waals surface area contributed by atoms with Crippen LogP contribution in [0.25, 0.3) is 0 Å². The molecule has 0 aliphatic heterocycles. The summed E-state index contributed by atoms with van der Waals surface area (Å²) in [5.74, 6) is 0. The minimum Gasteiger partial charge on any atom is -0.335 e. The lowest BCUT2D eigenvalue weighted by Gasteiger charge is -2.22. The predicted octanol–water partition coefficient (Wildman–Crippen LogP) is 4.37. The molecule has 0 spiro atoms. The predicted molar refractivity (Wildman–Crippen MR) is 86.8 cm³/mol. The van der Waals surface area contributed by atoms with E-state index >= 15 is 0 Å². The van der Waals surface area contributed by atoms with Gasteiger partial charge in [-0.2, -0.15) is 5.26 Å². The lowest BCUT2D eigenvalue weighted by Crippen LogP contribution is -2.39. The lowest BCUT2D eigenvalue weighted by molar-refractivity contribution is 0.244. The summed E-state index contributed by atoms with van der Waals surface area (Å²) in [6, 6.07) is 2.30. The van der Waals surface area contributed by atoms with Crippen LogP contribution in [0.4, 0.5) is 9.80 Å². The molecular formula is C16H23N3OS. The van der Waals surface area contributed by atoms with Gasteiger partial charge in [0.05, 0.1) is 5.56 Å². The first-order chi connectivity index (χ1) is 9.91. The molecule has 0 aromatic carbocycles. The maximum Gasteiger partial charge on any atom is 0.320 e. The maximum absolute atomic E-state index is 12.1. The second kappa shape index (κ2) is 6.48. The van der Waals surface area contributed by atoms with Crippen LogP contribution < -0.4 is 10.6 Å². The number of amides is 2. The van der Waals surface area contributed by atoms with Crippen molar-refractivity contribution in [2.45, 2.75) is 64.3 Å². The average Bonchev–Trinajstić information content (AvgIpc) is 2.82. The molecule has 2 amide bonds. The number of anilines is 1. The Bertz CT molecular complexity index is 545. The van der Waals surface area contributed by atoms with Gasteiger partial charge in [0.2, 0.25) is 0 Å². The third-order valence-corrected chi connectivity index (χ3v) is 4.77. The number of hydrogen-bond acceptors (Lipinski definition) is 3. The van der Waals surface area contributed by atoms with E-state index in [0.717, 1.165) is 18.4 Å². The van der Waals surface area contributed by atoms with Crippen molar-refractivity contribution in [2.75, 3.05) is 5.32 Å². The van der Waals surface area contributed by atoms with E-state index in [-0.39, 0.29) is 17.5 Å². The van der Waals surface area contributed by atoms with Gasteiger partial charge in [0.25, 0.3) is 0 Å². The topological polar surface area (TPSA) is 64.9 Å². The molecular weight excluding hydrogens is 282 g/mol. The van der Waals surface area contributed by atoms with Crippen molar-refractivity contribution in [2.24, 2.45) is 0 Å². The normalized spacial score (nSPS) is 16.3. The number of urea groups is 1. The van der Waals surface area contributed by atoms with Crippen molar-refractivity contribution in [3.05, 3.63) is 16.5 Å². The van der Waals surface area contributed by atoms with Crippen LogP contribution in [0.5, 0.6) is 0 Å². The highest BCUT2D eigenvalue weighted by atomic mass is 32.1. The van der Waals surface area contributed by atoms with Gasteiger partial charge < -0.3 is 5.32 Å². The number of nitrogens with one attached hydrogen (secondary N) is 2. The average molecular weight is 305 g/mol. The highest BCUT2D eigenvalue weighted by Gasteiger charge is 2.23. The second-order valence-corrected chi connectivity index (χ2v) is 7.53. The first kappa shape index (κ1) is 15.8.